The van der Waals surface area contributed by atoms with Gasteiger partial charge in [-0.15, -0.1) is 11.3 Å². The SMILES string of the molecule is C=CCOC(=O)C1=C(C)N=c2sc(=Cc3ccc(-c4ccc([N+](=O)[O-])cc4)o3)c(=O)n2C1c1cccs1. The Morgan fingerprint density at radius 3 is 2.73 bits per heavy atom. The molecule has 186 valence electrons. The number of ether oxygens (including phenoxy) is 1. The first-order valence-electron chi connectivity index (χ1n) is 11.1. The summed E-state index contributed by atoms with van der Waals surface area (Å²) < 4.78 is 13.1. The first-order chi connectivity index (χ1) is 17.9. The Balaban J connectivity index is 1.56. The number of rotatable bonds is 7. The monoisotopic (exact) mass is 533 g/mol. The van der Waals surface area contributed by atoms with E-state index in [0.29, 0.717) is 37.7 Å². The van der Waals surface area contributed by atoms with Crippen molar-refractivity contribution in [1.29, 1.82) is 0 Å². The molecule has 1 atom stereocenters. The van der Waals surface area contributed by atoms with Crippen LogP contribution < -0.4 is 14.9 Å². The molecule has 1 aliphatic heterocycles. The molecule has 0 fully saturated rings. The molecule has 5 rings (SSSR count). The predicted octanol–water partition coefficient (Wildman–Crippen LogP) is 4.19. The number of thiophene rings is 1. The molecule has 0 radical (unpaired) electrons. The van der Waals surface area contributed by atoms with Gasteiger partial charge in [0.1, 0.15) is 24.2 Å². The number of esters is 1. The van der Waals surface area contributed by atoms with Crippen LogP contribution in [0.25, 0.3) is 17.4 Å². The van der Waals surface area contributed by atoms with Crippen molar-refractivity contribution in [3.63, 3.8) is 0 Å². The van der Waals surface area contributed by atoms with Crippen molar-refractivity contribution >= 4 is 40.4 Å². The fourth-order valence-electron chi connectivity index (χ4n) is 3.97. The molecular formula is C26H19N3O6S2. The van der Waals surface area contributed by atoms with Gasteiger partial charge < -0.3 is 9.15 Å². The van der Waals surface area contributed by atoms with Gasteiger partial charge in [0.15, 0.2) is 4.80 Å². The molecule has 0 N–H and O–H groups in total. The Morgan fingerprint density at radius 2 is 2.05 bits per heavy atom. The third-order valence-corrected chi connectivity index (χ3v) is 7.56. The van der Waals surface area contributed by atoms with E-state index in [9.17, 15) is 19.7 Å². The molecule has 0 saturated carbocycles. The van der Waals surface area contributed by atoms with Gasteiger partial charge in [-0.3, -0.25) is 19.5 Å². The number of nitro groups is 1. The summed E-state index contributed by atoms with van der Waals surface area (Å²) in [5.41, 5.74) is 1.14. The zero-order valence-corrected chi connectivity index (χ0v) is 21.1. The first-order valence-corrected chi connectivity index (χ1v) is 12.8. The maximum absolute atomic E-state index is 13.6. The van der Waals surface area contributed by atoms with Gasteiger partial charge in [0.25, 0.3) is 11.2 Å². The molecule has 9 nitrogen and oxygen atoms in total. The highest BCUT2D eigenvalue weighted by Crippen LogP contribution is 2.33. The van der Waals surface area contributed by atoms with Crippen LogP contribution in [-0.2, 0) is 9.53 Å². The number of hydrogen-bond donors (Lipinski definition) is 0. The van der Waals surface area contributed by atoms with E-state index in [2.05, 4.69) is 11.6 Å². The van der Waals surface area contributed by atoms with E-state index in [0.717, 1.165) is 4.88 Å². The van der Waals surface area contributed by atoms with E-state index in [1.165, 1.54) is 45.4 Å². The summed E-state index contributed by atoms with van der Waals surface area (Å²) in [4.78, 5) is 42.8. The van der Waals surface area contributed by atoms with Crippen molar-refractivity contribution in [2.75, 3.05) is 6.61 Å². The molecule has 3 aromatic heterocycles. The fourth-order valence-corrected chi connectivity index (χ4v) is 5.82. The first kappa shape index (κ1) is 24.3. The highest BCUT2D eigenvalue weighted by atomic mass is 32.1. The van der Waals surface area contributed by atoms with Gasteiger partial charge in [0.05, 0.1) is 20.7 Å². The average Bonchev–Trinajstić information content (AvgIpc) is 3.64. The van der Waals surface area contributed by atoms with Crippen LogP contribution in [-0.4, -0.2) is 22.1 Å². The standard InChI is InChI=1S/C26H19N3O6S2/c1-3-12-34-25(31)22-15(2)27-26-28(23(22)20-5-4-13-36-20)24(30)21(37-26)14-18-10-11-19(35-18)16-6-8-17(9-7-16)29(32)33/h3-11,13-14,23H,1,12H2,2H3. The number of thiazole rings is 1. The highest BCUT2D eigenvalue weighted by Gasteiger charge is 2.34. The Kier molecular flexibility index (Phi) is 6.55. The van der Waals surface area contributed by atoms with Crippen molar-refractivity contribution < 1.29 is 18.9 Å². The third kappa shape index (κ3) is 4.61. The lowest BCUT2D eigenvalue weighted by Gasteiger charge is -2.23. The third-order valence-electron chi connectivity index (χ3n) is 5.65. The fraction of sp³-hybridized carbons (Fsp3) is 0.115. The number of furan rings is 1. The molecule has 1 aromatic carbocycles. The number of carbonyl (C=O) groups excluding carboxylic acids is 1. The number of fused-ring (bicyclic) bond motifs is 1. The number of allylic oxidation sites excluding steroid dienone is 1. The molecule has 1 unspecified atom stereocenters. The molecule has 37 heavy (non-hydrogen) atoms. The van der Waals surface area contributed by atoms with Crippen molar-refractivity contribution in [1.82, 2.24) is 4.57 Å². The second kappa shape index (κ2) is 9.96. The van der Waals surface area contributed by atoms with E-state index >= 15 is 0 Å². The summed E-state index contributed by atoms with van der Waals surface area (Å²) in [5, 5.41) is 12.8. The van der Waals surface area contributed by atoms with Crippen LogP contribution in [0.2, 0.25) is 0 Å². The Hall–Kier alpha value is -4.35. The summed E-state index contributed by atoms with van der Waals surface area (Å²) in [6.45, 7) is 5.36. The van der Waals surface area contributed by atoms with Crippen LogP contribution in [0.4, 0.5) is 5.69 Å². The molecule has 4 aromatic rings. The molecule has 0 bridgehead atoms. The van der Waals surface area contributed by atoms with Gasteiger partial charge in [-0.2, -0.15) is 0 Å². The van der Waals surface area contributed by atoms with Crippen molar-refractivity contribution in [2.45, 2.75) is 13.0 Å². The number of benzene rings is 1. The summed E-state index contributed by atoms with van der Waals surface area (Å²) in [6, 6.07) is 12.5. The van der Waals surface area contributed by atoms with Crippen molar-refractivity contribution in [2.24, 2.45) is 4.99 Å². The molecule has 0 aliphatic carbocycles. The van der Waals surface area contributed by atoms with Gasteiger partial charge >= 0.3 is 5.97 Å². The summed E-state index contributed by atoms with van der Waals surface area (Å²) in [6.07, 6.45) is 3.11. The summed E-state index contributed by atoms with van der Waals surface area (Å²) in [7, 11) is 0. The normalized spacial score (nSPS) is 15.3. The van der Waals surface area contributed by atoms with Crippen LogP contribution in [0.15, 0.2) is 92.0 Å². The molecule has 11 heteroatoms. The summed E-state index contributed by atoms with van der Waals surface area (Å²) >= 11 is 2.63. The lowest BCUT2D eigenvalue weighted by Crippen LogP contribution is -2.39. The van der Waals surface area contributed by atoms with E-state index in [-0.39, 0.29) is 17.9 Å². The van der Waals surface area contributed by atoms with Gasteiger partial charge in [-0.25, -0.2) is 9.79 Å². The summed E-state index contributed by atoms with van der Waals surface area (Å²) in [5.74, 6) is 0.397. The van der Waals surface area contributed by atoms with Crippen molar-refractivity contribution in [3.05, 3.63) is 118 Å². The van der Waals surface area contributed by atoms with E-state index in [1.807, 2.05) is 17.5 Å². The number of hydrogen-bond acceptors (Lipinski definition) is 9. The predicted molar refractivity (Wildman–Crippen MR) is 140 cm³/mol. The topological polar surface area (TPSA) is 117 Å². The quantitative estimate of drug-likeness (QED) is 0.152. The van der Waals surface area contributed by atoms with E-state index in [1.54, 1.807) is 37.3 Å². The zero-order chi connectivity index (χ0) is 26.1. The Bertz CT molecular complexity index is 1720. The lowest BCUT2D eigenvalue weighted by atomic mass is 10.0. The minimum Gasteiger partial charge on any atom is -0.458 e. The van der Waals surface area contributed by atoms with Crippen LogP contribution in [0.5, 0.6) is 0 Å². The number of non-ortho nitro benzene ring substituents is 1. The Morgan fingerprint density at radius 1 is 1.27 bits per heavy atom. The molecule has 0 spiro atoms. The molecule has 4 heterocycles. The maximum Gasteiger partial charge on any atom is 0.338 e. The zero-order valence-electron chi connectivity index (χ0n) is 19.5. The van der Waals surface area contributed by atoms with Crippen LogP contribution in [0.1, 0.15) is 23.6 Å². The number of nitro benzene ring substituents is 1. The molecule has 0 amide bonds. The molecule has 0 saturated heterocycles. The second-order valence-electron chi connectivity index (χ2n) is 7.99. The van der Waals surface area contributed by atoms with Gasteiger partial charge in [0, 0.05) is 28.6 Å². The van der Waals surface area contributed by atoms with Crippen LogP contribution >= 0.6 is 22.7 Å². The van der Waals surface area contributed by atoms with Crippen molar-refractivity contribution in [3.8, 4) is 11.3 Å². The minimum atomic E-state index is -0.664. The lowest BCUT2D eigenvalue weighted by molar-refractivity contribution is -0.384. The average molecular weight is 534 g/mol. The van der Waals surface area contributed by atoms with Gasteiger partial charge in [-0.1, -0.05) is 30.1 Å². The number of carbonyl (C=O) groups is 1. The van der Waals surface area contributed by atoms with Gasteiger partial charge in [-0.05, 0) is 42.6 Å². The number of aromatic nitrogens is 1. The minimum absolute atomic E-state index is 0.0139. The maximum atomic E-state index is 13.6. The highest BCUT2D eigenvalue weighted by molar-refractivity contribution is 7.10. The largest absolute Gasteiger partial charge is 0.458 e. The van der Waals surface area contributed by atoms with E-state index in [4.69, 9.17) is 9.15 Å². The molecule has 1 aliphatic rings. The molecular weight excluding hydrogens is 514 g/mol. The Labute approximate surface area is 217 Å². The number of nitrogens with zero attached hydrogens (tertiary/aromatic N) is 3. The van der Waals surface area contributed by atoms with Gasteiger partial charge in [0.2, 0.25) is 0 Å². The van der Waals surface area contributed by atoms with Crippen LogP contribution in [0, 0.1) is 10.1 Å². The second-order valence-corrected chi connectivity index (χ2v) is 9.98. The smallest absolute Gasteiger partial charge is 0.338 e. The van der Waals surface area contributed by atoms with E-state index < -0.39 is 16.9 Å². The van der Waals surface area contributed by atoms with Crippen LogP contribution in [0.3, 0.4) is 0 Å².